The number of carbonyl (C=O) groups is 1. The smallest absolute Gasteiger partial charge is 0.323 e. The van der Waals surface area contributed by atoms with Gasteiger partial charge in [0.15, 0.2) is 0 Å². The minimum absolute atomic E-state index is 0.0697. The Labute approximate surface area is 116 Å². The molecule has 1 aliphatic carbocycles. The van der Waals surface area contributed by atoms with Crippen LogP contribution in [0.15, 0.2) is 0 Å². The van der Waals surface area contributed by atoms with Gasteiger partial charge in [-0.05, 0) is 58.0 Å². The van der Waals surface area contributed by atoms with Crippen molar-refractivity contribution in [3.8, 4) is 0 Å². The van der Waals surface area contributed by atoms with Crippen LogP contribution in [-0.2, 0) is 9.53 Å². The maximum atomic E-state index is 11.9. The van der Waals surface area contributed by atoms with E-state index in [9.17, 15) is 4.79 Å². The summed E-state index contributed by atoms with van der Waals surface area (Å²) in [6.07, 6.45) is 5.87. The molecule has 0 bridgehead atoms. The Morgan fingerprint density at radius 2 is 2.00 bits per heavy atom. The zero-order valence-corrected chi connectivity index (χ0v) is 12.4. The lowest BCUT2D eigenvalue weighted by Gasteiger charge is -2.31. The summed E-state index contributed by atoms with van der Waals surface area (Å²) in [6.45, 7) is 8.05. The molecule has 1 aliphatic heterocycles. The van der Waals surface area contributed by atoms with Crippen molar-refractivity contribution in [2.24, 2.45) is 5.92 Å². The van der Waals surface area contributed by atoms with Crippen LogP contribution in [0.5, 0.6) is 0 Å². The van der Waals surface area contributed by atoms with Crippen LogP contribution in [0.2, 0.25) is 0 Å². The van der Waals surface area contributed by atoms with Crippen molar-refractivity contribution in [1.82, 2.24) is 10.2 Å². The fourth-order valence-electron chi connectivity index (χ4n) is 2.64. The van der Waals surface area contributed by atoms with Crippen LogP contribution in [0.4, 0.5) is 0 Å². The van der Waals surface area contributed by atoms with Crippen LogP contribution in [0, 0.1) is 5.92 Å². The first-order chi connectivity index (χ1) is 9.19. The number of esters is 1. The van der Waals surface area contributed by atoms with E-state index in [1.165, 1.54) is 38.8 Å². The first kappa shape index (κ1) is 14.8. The number of hydrogen-bond donors (Lipinski definition) is 1. The number of rotatable bonds is 7. The lowest BCUT2D eigenvalue weighted by Crippen LogP contribution is -2.43. The van der Waals surface area contributed by atoms with Crippen molar-refractivity contribution >= 4 is 5.97 Å². The highest BCUT2D eigenvalue weighted by Crippen LogP contribution is 2.21. The predicted molar refractivity (Wildman–Crippen MR) is 76.0 cm³/mol. The van der Waals surface area contributed by atoms with Gasteiger partial charge in [0.25, 0.3) is 0 Å². The van der Waals surface area contributed by atoms with E-state index in [-0.39, 0.29) is 12.0 Å². The van der Waals surface area contributed by atoms with Crippen LogP contribution < -0.4 is 5.32 Å². The van der Waals surface area contributed by atoms with E-state index in [0.717, 1.165) is 18.9 Å². The summed E-state index contributed by atoms with van der Waals surface area (Å²) in [5, 5.41) is 3.42. The van der Waals surface area contributed by atoms with E-state index in [4.69, 9.17) is 4.74 Å². The number of carbonyl (C=O) groups excluding carboxylic acids is 1. The molecule has 110 valence electrons. The minimum Gasteiger partial charge on any atom is -0.465 e. The summed E-state index contributed by atoms with van der Waals surface area (Å²) >= 11 is 0. The van der Waals surface area contributed by atoms with Gasteiger partial charge in [-0.25, -0.2) is 0 Å². The molecule has 2 rings (SSSR count). The fourth-order valence-corrected chi connectivity index (χ4v) is 2.64. The van der Waals surface area contributed by atoms with Crippen LogP contribution in [0.1, 0.15) is 46.0 Å². The maximum absolute atomic E-state index is 11.9. The molecule has 4 heteroatoms. The maximum Gasteiger partial charge on any atom is 0.323 e. The van der Waals surface area contributed by atoms with Crippen LogP contribution in [0.3, 0.4) is 0 Å². The molecule has 4 nitrogen and oxygen atoms in total. The number of piperidine rings is 1. The monoisotopic (exact) mass is 268 g/mol. The molecule has 1 saturated heterocycles. The lowest BCUT2D eigenvalue weighted by molar-refractivity contribution is -0.146. The molecule has 1 unspecified atom stereocenters. The Hall–Kier alpha value is -0.610. The second-order valence-electron chi connectivity index (χ2n) is 6.06. The van der Waals surface area contributed by atoms with Gasteiger partial charge in [0.05, 0.1) is 6.61 Å². The number of likely N-dealkylation sites (tertiary alicyclic amines) is 1. The Morgan fingerprint density at radius 3 is 2.58 bits per heavy atom. The molecular formula is C15H28N2O2. The highest BCUT2D eigenvalue weighted by atomic mass is 16.5. The van der Waals surface area contributed by atoms with Gasteiger partial charge in [-0.15, -0.1) is 0 Å². The first-order valence-corrected chi connectivity index (χ1v) is 7.84. The molecule has 2 aliphatic rings. The molecule has 0 radical (unpaired) electrons. The molecule has 1 N–H and O–H groups in total. The molecule has 1 heterocycles. The van der Waals surface area contributed by atoms with E-state index < -0.39 is 0 Å². The van der Waals surface area contributed by atoms with Crippen LogP contribution in [-0.4, -0.2) is 49.2 Å². The second-order valence-corrected chi connectivity index (χ2v) is 6.06. The average Bonchev–Trinajstić information content (AvgIpc) is 3.20. The third kappa shape index (κ3) is 5.11. The molecule has 19 heavy (non-hydrogen) atoms. The zero-order chi connectivity index (χ0) is 13.7. The Bertz CT molecular complexity index is 284. The second kappa shape index (κ2) is 7.25. The normalized spacial score (nSPS) is 23.3. The molecule has 1 atom stereocenters. The molecule has 0 spiro atoms. The van der Waals surface area contributed by atoms with Gasteiger partial charge in [-0.2, -0.15) is 0 Å². The minimum atomic E-state index is -0.105. The van der Waals surface area contributed by atoms with E-state index in [2.05, 4.69) is 17.1 Å². The first-order valence-electron chi connectivity index (χ1n) is 7.84. The van der Waals surface area contributed by atoms with Gasteiger partial charge in [-0.1, -0.05) is 6.92 Å². The van der Waals surface area contributed by atoms with Gasteiger partial charge >= 0.3 is 5.97 Å². The molecule has 0 amide bonds. The lowest BCUT2D eigenvalue weighted by atomic mass is 9.99. The zero-order valence-electron chi connectivity index (χ0n) is 12.4. The topological polar surface area (TPSA) is 41.6 Å². The van der Waals surface area contributed by atoms with Gasteiger partial charge in [0.2, 0.25) is 0 Å². The number of nitrogens with zero attached hydrogens (tertiary/aromatic N) is 1. The summed E-state index contributed by atoms with van der Waals surface area (Å²) in [6, 6.07) is 0.447. The standard InChI is InChI=1S/C15H28N2O2/c1-3-19-15(18)14(16-13-4-5-13)8-11-17-9-6-12(2)7-10-17/h12-14,16H,3-11H2,1-2H3. The average molecular weight is 268 g/mol. The van der Waals surface area contributed by atoms with Gasteiger partial charge in [0, 0.05) is 12.6 Å². The molecule has 0 aromatic heterocycles. The third-order valence-electron chi connectivity index (χ3n) is 4.20. The largest absolute Gasteiger partial charge is 0.465 e. The summed E-state index contributed by atoms with van der Waals surface area (Å²) < 4.78 is 5.17. The van der Waals surface area contributed by atoms with Crippen molar-refractivity contribution in [2.75, 3.05) is 26.2 Å². The molecule has 0 aromatic rings. The predicted octanol–water partition coefficient (Wildman–Crippen LogP) is 1.79. The third-order valence-corrected chi connectivity index (χ3v) is 4.20. The Balaban J connectivity index is 1.73. The van der Waals surface area contributed by atoms with E-state index in [1.807, 2.05) is 6.92 Å². The highest BCUT2D eigenvalue weighted by molar-refractivity contribution is 5.75. The van der Waals surface area contributed by atoms with Gasteiger partial charge in [-0.3, -0.25) is 4.79 Å². The number of hydrogen-bond acceptors (Lipinski definition) is 4. The van der Waals surface area contributed by atoms with E-state index in [1.54, 1.807) is 0 Å². The molecule has 2 fully saturated rings. The van der Waals surface area contributed by atoms with Crippen molar-refractivity contribution in [2.45, 2.75) is 58.0 Å². The van der Waals surface area contributed by atoms with Crippen molar-refractivity contribution < 1.29 is 9.53 Å². The summed E-state index contributed by atoms with van der Waals surface area (Å²) in [7, 11) is 0. The Kier molecular flexibility index (Phi) is 5.64. The number of ether oxygens (including phenoxy) is 1. The van der Waals surface area contributed by atoms with Crippen molar-refractivity contribution in [3.63, 3.8) is 0 Å². The molecule has 0 aromatic carbocycles. The highest BCUT2D eigenvalue weighted by Gasteiger charge is 2.29. The van der Waals surface area contributed by atoms with Gasteiger partial charge in [0.1, 0.15) is 6.04 Å². The van der Waals surface area contributed by atoms with Crippen molar-refractivity contribution in [3.05, 3.63) is 0 Å². The van der Waals surface area contributed by atoms with Crippen LogP contribution in [0.25, 0.3) is 0 Å². The summed E-state index contributed by atoms with van der Waals surface area (Å²) in [5.74, 6) is 0.793. The summed E-state index contributed by atoms with van der Waals surface area (Å²) in [4.78, 5) is 14.4. The molecule has 1 saturated carbocycles. The van der Waals surface area contributed by atoms with Crippen LogP contribution >= 0.6 is 0 Å². The summed E-state index contributed by atoms with van der Waals surface area (Å²) in [5.41, 5.74) is 0. The number of nitrogens with one attached hydrogen (secondary N) is 1. The SMILES string of the molecule is CCOC(=O)C(CCN1CCC(C)CC1)NC1CC1. The quantitative estimate of drug-likeness (QED) is 0.715. The Morgan fingerprint density at radius 1 is 1.32 bits per heavy atom. The fraction of sp³-hybridized carbons (Fsp3) is 0.933. The van der Waals surface area contributed by atoms with E-state index >= 15 is 0 Å². The van der Waals surface area contributed by atoms with E-state index in [0.29, 0.717) is 12.6 Å². The van der Waals surface area contributed by atoms with Crippen molar-refractivity contribution in [1.29, 1.82) is 0 Å². The molecular weight excluding hydrogens is 240 g/mol. The van der Waals surface area contributed by atoms with Gasteiger partial charge < -0.3 is 15.0 Å².